The Balaban J connectivity index is 2.71. The van der Waals surface area contributed by atoms with Crippen molar-refractivity contribution in [3.05, 3.63) is 51.4 Å². The SMILES string of the molecule is Cc1ccc(C)c(-n2nc(CCl)c(O)cc2=O)c1. The fraction of sp³-hybridized carbons (Fsp3) is 0.231. The van der Waals surface area contributed by atoms with Gasteiger partial charge in [0.2, 0.25) is 0 Å². The van der Waals surface area contributed by atoms with Crippen LogP contribution in [0.15, 0.2) is 29.1 Å². The number of aromatic hydroxyl groups is 1. The van der Waals surface area contributed by atoms with Crippen molar-refractivity contribution >= 4 is 11.6 Å². The second-order valence-electron chi connectivity index (χ2n) is 4.15. The number of aryl methyl sites for hydroxylation is 2. The molecule has 0 atom stereocenters. The Hall–Kier alpha value is -1.81. The number of rotatable bonds is 2. The highest BCUT2D eigenvalue weighted by Gasteiger charge is 2.10. The zero-order valence-electron chi connectivity index (χ0n) is 10.1. The smallest absolute Gasteiger partial charge is 0.275 e. The van der Waals surface area contributed by atoms with Crippen LogP contribution in [0.5, 0.6) is 5.75 Å². The van der Waals surface area contributed by atoms with E-state index in [-0.39, 0.29) is 22.9 Å². The first-order valence-corrected chi connectivity index (χ1v) is 6.02. The van der Waals surface area contributed by atoms with Crippen LogP contribution in [0.2, 0.25) is 0 Å². The molecule has 5 heteroatoms. The van der Waals surface area contributed by atoms with Gasteiger partial charge in [-0.05, 0) is 31.0 Å². The molecule has 0 spiro atoms. The van der Waals surface area contributed by atoms with Gasteiger partial charge in [0.25, 0.3) is 5.56 Å². The van der Waals surface area contributed by atoms with Crippen LogP contribution >= 0.6 is 11.6 Å². The highest BCUT2D eigenvalue weighted by molar-refractivity contribution is 6.17. The molecule has 0 unspecified atom stereocenters. The molecule has 1 aromatic carbocycles. The van der Waals surface area contributed by atoms with E-state index in [0.29, 0.717) is 5.69 Å². The second kappa shape index (κ2) is 4.82. The minimum absolute atomic E-state index is 0.0526. The number of nitrogens with zero attached hydrogens (tertiary/aromatic N) is 2. The summed E-state index contributed by atoms with van der Waals surface area (Å²) in [5.74, 6) is -0.117. The van der Waals surface area contributed by atoms with Gasteiger partial charge in [0.1, 0.15) is 11.4 Å². The molecular weight excluding hydrogens is 252 g/mol. The number of hydrogen-bond acceptors (Lipinski definition) is 3. The van der Waals surface area contributed by atoms with Crippen molar-refractivity contribution in [2.24, 2.45) is 0 Å². The minimum Gasteiger partial charge on any atom is -0.506 e. The summed E-state index contributed by atoms with van der Waals surface area (Å²) in [7, 11) is 0. The Morgan fingerprint density at radius 1 is 1.33 bits per heavy atom. The second-order valence-corrected chi connectivity index (χ2v) is 4.42. The molecule has 0 radical (unpaired) electrons. The van der Waals surface area contributed by atoms with Crippen molar-refractivity contribution in [2.45, 2.75) is 19.7 Å². The normalized spacial score (nSPS) is 10.6. The number of benzene rings is 1. The minimum atomic E-state index is -0.380. The van der Waals surface area contributed by atoms with Gasteiger partial charge < -0.3 is 5.11 Å². The van der Waals surface area contributed by atoms with Crippen LogP contribution in [0.4, 0.5) is 0 Å². The lowest BCUT2D eigenvalue weighted by Gasteiger charge is -2.10. The lowest BCUT2D eigenvalue weighted by molar-refractivity contribution is 0.460. The molecule has 0 aliphatic heterocycles. The Kier molecular flexibility index (Phi) is 3.39. The quantitative estimate of drug-likeness (QED) is 0.847. The van der Waals surface area contributed by atoms with Gasteiger partial charge in [0.15, 0.2) is 0 Å². The van der Waals surface area contributed by atoms with E-state index in [9.17, 15) is 9.90 Å². The van der Waals surface area contributed by atoms with Gasteiger partial charge in [-0.15, -0.1) is 11.6 Å². The maximum atomic E-state index is 11.9. The largest absolute Gasteiger partial charge is 0.506 e. The third kappa shape index (κ3) is 2.24. The molecule has 18 heavy (non-hydrogen) atoms. The number of halogens is 1. The summed E-state index contributed by atoms with van der Waals surface area (Å²) in [5, 5.41) is 13.6. The van der Waals surface area contributed by atoms with E-state index in [0.717, 1.165) is 17.2 Å². The summed E-state index contributed by atoms with van der Waals surface area (Å²) in [6.07, 6.45) is 0. The Labute approximate surface area is 109 Å². The van der Waals surface area contributed by atoms with E-state index >= 15 is 0 Å². The van der Waals surface area contributed by atoms with E-state index in [2.05, 4.69) is 5.10 Å². The van der Waals surface area contributed by atoms with E-state index in [1.54, 1.807) is 0 Å². The van der Waals surface area contributed by atoms with Crippen LogP contribution in [-0.2, 0) is 5.88 Å². The first-order chi connectivity index (χ1) is 8.52. The van der Waals surface area contributed by atoms with Crippen molar-refractivity contribution in [3.8, 4) is 11.4 Å². The van der Waals surface area contributed by atoms with Gasteiger partial charge in [0.05, 0.1) is 11.6 Å². The number of hydrogen-bond donors (Lipinski definition) is 1. The van der Waals surface area contributed by atoms with Crippen molar-refractivity contribution < 1.29 is 5.11 Å². The summed E-state index contributed by atoms with van der Waals surface area (Å²) in [6, 6.07) is 6.89. The predicted molar refractivity (Wildman–Crippen MR) is 70.5 cm³/mol. The maximum Gasteiger partial charge on any atom is 0.275 e. The first-order valence-electron chi connectivity index (χ1n) is 5.48. The maximum absolute atomic E-state index is 11.9. The molecule has 94 valence electrons. The summed E-state index contributed by atoms with van der Waals surface area (Å²) >= 11 is 5.68. The van der Waals surface area contributed by atoms with Crippen molar-refractivity contribution in [2.75, 3.05) is 0 Å². The summed E-state index contributed by atoms with van der Waals surface area (Å²) < 4.78 is 1.26. The molecule has 0 aliphatic carbocycles. The average molecular weight is 265 g/mol. The van der Waals surface area contributed by atoms with E-state index in [1.807, 2.05) is 32.0 Å². The average Bonchev–Trinajstić information content (AvgIpc) is 2.33. The zero-order chi connectivity index (χ0) is 13.3. The van der Waals surface area contributed by atoms with Crippen LogP contribution < -0.4 is 5.56 Å². The molecule has 0 bridgehead atoms. The number of alkyl halides is 1. The van der Waals surface area contributed by atoms with Crippen LogP contribution in [-0.4, -0.2) is 14.9 Å². The zero-order valence-corrected chi connectivity index (χ0v) is 10.9. The van der Waals surface area contributed by atoms with Crippen molar-refractivity contribution in [1.82, 2.24) is 9.78 Å². The van der Waals surface area contributed by atoms with Gasteiger partial charge in [-0.1, -0.05) is 12.1 Å². The third-order valence-electron chi connectivity index (χ3n) is 2.70. The monoisotopic (exact) mass is 264 g/mol. The molecule has 4 nitrogen and oxygen atoms in total. The van der Waals surface area contributed by atoms with Crippen molar-refractivity contribution in [3.63, 3.8) is 0 Å². The summed E-state index contributed by atoms with van der Waals surface area (Å²) in [6.45, 7) is 3.84. The van der Waals surface area contributed by atoms with E-state index < -0.39 is 0 Å². The lowest BCUT2D eigenvalue weighted by Crippen LogP contribution is -2.22. The van der Waals surface area contributed by atoms with Gasteiger partial charge in [-0.3, -0.25) is 4.79 Å². The van der Waals surface area contributed by atoms with Crippen LogP contribution in [0, 0.1) is 13.8 Å². The third-order valence-corrected chi connectivity index (χ3v) is 2.96. The van der Waals surface area contributed by atoms with Gasteiger partial charge in [-0.25, -0.2) is 0 Å². The molecule has 0 aliphatic rings. The fourth-order valence-electron chi connectivity index (χ4n) is 1.70. The van der Waals surface area contributed by atoms with Gasteiger partial charge in [0, 0.05) is 6.07 Å². The van der Waals surface area contributed by atoms with Gasteiger partial charge in [-0.2, -0.15) is 9.78 Å². The molecule has 0 saturated heterocycles. The fourth-order valence-corrected chi connectivity index (χ4v) is 1.89. The standard InChI is InChI=1S/C13H13ClN2O2/c1-8-3-4-9(2)11(5-8)16-13(18)6-12(17)10(7-14)15-16/h3-6,17H,7H2,1-2H3. The molecule has 2 aromatic rings. The molecule has 1 N–H and O–H groups in total. The Morgan fingerprint density at radius 2 is 2.06 bits per heavy atom. The van der Waals surface area contributed by atoms with Crippen molar-refractivity contribution in [1.29, 1.82) is 0 Å². The molecule has 2 rings (SSSR count). The molecule has 0 fully saturated rings. The lowest BCUT2D eigenvalue weighted by atomic mass is 10.1. The van der Waals surface area contributed by atoms with Crippen LogP contribution in [0.3, 0.4) is 0 Å². The predicted octanol–water partition coefficient (Wildman–Crippen LogP) is 2.29. The molecule has 1 heterocycles. The summed E-state index contributed by atoms with van der Waals surface area (Å²) in [4.78, 5) is 11.9. The Bertz CT molecular complexity index is 650. The van der Waals surface area contributed by atoms with Crippen LogP contribution in [0.1, 0.15) is 16.8 Å². The molecule has 0 amide bonds. The molecular formula is C13H13ClN2O2. The first kappa shape index (κ1) is 12.6. The van der Waals surface area contributed by atoms with Gasteiger partial charge >= 0.3 is 0 Å². The molecule has 1 aromatic heterocycles. The van der Waals surface area contributed by atoms with Crippen LogP contribution in [0.25, 0.3) is 5.69 Å². The summed E-state index contributed by atoms with van der Waals surface area (Å²) in [5.41, 5.74) is 2.57. The van der Waals surface area contributed by atoms with E-state index in [1.165, 1.54) is 4.68 Å². The number of aromatic nitrogens is 2. The molecule has 0 saturated carbocycles. The highest BCUT2D eigenvalue weighted by Crippen LogP contribution is 2.17. The Morgan fingerprint density at radius 3 is 2.72 bits per heavy atom. The topological polar surface area (TPSA) is 55.1 Å². The van der Waals surface area contributed by atoms with E-state index in [4.69, 9.17) is 11.6 Å². The highest BCUT2D eigenvalue weighted by atomic mass is 35.5.